The van der Waals surface area contributed by atoms with E-state index in [1.54, 1.807) is 24.4 Å². The van der Waals surface area contributed by atoms with E-state index in [0.29, 0.717) is 17.2 Å². The Labute approximate surface area is 224 Å². The van der Waals surface area contributed by atoms with E-state index in [2.05, 4.69) is 25.6 Å². The second-order valence-electron chi connectivity index (χ2n) is 9.44. The Kier molecular flexibility index (Phi) is 8.07. The van der Waals surface area contributed by atoms with Crippen molar-refractivity contribution in [3.8, 4) is 22.9 Å². The van der Waals surface area contributed by atoms with Crippen LogP contribution in [0.1, 0.15) is 37.3 Å². The number of rotatable bonds is 9. The van der Waals surface area contributed by atoms with Gasteiger partial charge in [0.25, 0.3) is 5.92 Å². The first kappa shape index (κ1) is 27.4. The Morgan fingerprint density at radius 1 is 1.13 bits per heavy atom. The van der Waals surface area contributed by atoms with E-state index in [1.165, 1.54) is 6.20 Å². The highest BCUT2D eigenvalue weighted by molar-refractivity contribution is 7.77. The lowest BCUT2D eigenvalue weighted by Gasteiger charge is -2.41. The van der Waals surface area contributed by atoms with Crippen molar-refractivity contribution < 1.29 is 31.1 Å². The van der Waals surface area contributed by atoms with E-state index < -0.39 is 58.5 Å². The molecule has 1 aliphatic carbocycles. The number of halogens is 4. The van der Waals surface area contributed by atoms with Crippen molar-refractivity contribution in [2.24, 2.45) is 5.92 Å². The Balaban J connectivity index is 1.41. The predicted molar refractivity (Wildman–Crippen MR) is 136 cm³/mol. The number of alkyl halides is 2. The minimum absolute atomic E-state index is 0.0223. The highest BCUT2D eigenvalue weighted by Gasteiger charge is 2.53. The molecule has 1 aliphatic heterocycles. The summed E-state index contributed by atoms with van der Waals surface area (Å²) in [6.45, 7) is 1.73. The molecule has 2 aromatic heterocycles. The molecule has 1 saturated heterocycles. The Hall–Kier alpha value is -3.20. The van der Waals surface area contributed by atoms with Crippen LogP contribution in [0.15, 0.2) is 42.7 Å². The zero-order valence-electron chi connectivity index (χ0n) is 20.5. The van der Waals surface area contributed by atoms with E-state index >= 15 is 8.78 Å². The van der Waals surface area contributed by atoms with Gasteiger partial charge in [-0.1, -0.05) is 6.07 Å². The maximum atomic E-state index is 15.2. The van der Waals surface area contributed by atoms with Crippen LogP contribution in [0.5, 0.6) is 11.6 Å². The van der Waals surface area contributed by atoms with Gasteiger partial charge in [0.2, 0.25) is 28.9 Å². The third kappa shape index (κ3) is 6.03. The third-order valence-corrected chi connectivity index (χ3v) is 7.37. The van der Waals surface area contributed by atoms with Gasteiger partial charge in [-0.25, -0.2) is 37.1 Å². The van der Waals surface area contributed by atoms with Crippen molar-refractivity contribution in [2.75, 3.05) is 18.4 Å². The van der Waals surface area contributed by atoms with Gasteiger partial charge in [0.15, 0.2) is 11.6 Å². The number of hydrogen-bond donors (Lipinski definition) is 4. The highest BCUT2D eigenvalue weighted by Crippen LogP contribution is 2.50. The summed E-state index contributed by atoms with van der Waals surface area (Å²) in [6, 6.07) is 5.61. The van der Waals surface area contributed by atoms with Gasteiger partial charge in [0.1, 0.15) is 0 Å². The Bertz CT molecular complexity index is 1360. The zero-order chi connectivity index (χ0) is 27.6. The predicted octanol–water partition coefficient (Wildman–Crippen LogP) is 4.59. The van der Waals surface area contributed by atoms with E-state index in [9.17, 15) is 17.5 Å². The standard InChI is InChI=1S/C25H26F4N6O3S/c26-20-16(22(35-39(36)37)17-7-9-25(17,28)29)5-6-19(21(20)27)38-23-15(4-2-11-31-23)18-8-12-32-24(34-18)33-14-3-1-10-30-13-14/h2,4-6,8,11-12,14,17,22,30,35H,1,3,7,9-10,13H2,(H,36,37)(H,32,33,34)/t14-,17?,22?/m0/s1. The summed E-state index contributed by atoms with van der Waals surface area (Å²) >= 11 is -2.73. The summed E-state index contributed by atoms with van der Waals surface area (Å²) < 4.78 is 86.7. The van der Waals surface area contributed by atoms with Crippen molar-refractivity contribution in [1.29, 1.82) is 0 Å². The van der Waals surface area contributed by atoms with E-state index in [4.69, 9.17) is 4.74 Å². The fourth-order valence-corrected chi connectivity index (χ4v) is 5.29. The molecule has 4 N–H and O–H groups in total. The highest BCUT2D eigenvalue weighted by atomic mass is 32.2. The molecule has 9 nitrogen and oxygen atoms in total. The third-order valence-electron chi connectivity index (χ3n) is 6.91. The van der Waals surface area contributed by atoms with Gasteiger partial charge in [0, 0.05) is 42.9 Å². The van der Waals surface area contributed by atoms with Gasteiger partial charge in [-0.15, -0.1) is 0 Å². The Morgan fingerprint density at radius 3 is 2.67 bits per heavy atom. The topological polar surface area (TPSA) is 121 Å². The van der Waals surface area contributed by atoms with Crippen molar-refractivity contribution in [1.82, 2.24) is 25.0 Å². The molecule has 3 unspecified atom stereocenters. The first-order valence-electron chi connectivity index (χ1n) is 12.4. The monoisotopic (exact) mass is 566 g/mol. The molecule has 208 valence electrons. The number of ether oxygens (including phenoxy) is 1. The Morgan fingerprint density at radius 2 is 1.97 bits per heavy atom. The molecule has 2 aliphatic rings. The molecular formula is C25H26F4N6O3S. The summed E-state index contributed by atoms with van der Waals surface area (Å²) in [5.74, 6) is -7.78. The number of nitrogens with one attached hydrogen (secondary N) is 3. The summed E-state index contributed by atoms with van der Waals surface area (Å²) in [6.07, 6.45) is 4.49. The van der Waals surface area contributed by atoms with Gasteiger partial charge >= 0.3 is 0 Å². The quantitative estimate of drug-likeness (QED) is 0.219. The number of pyridine rings is 1. The maximum Gasteiger partial charge on any atom is 0.252 e. The first-order chi connectivity index (χ1) is 18.7. The average molecular weight is 567 g/mol. The van der Waals surface area contributed by atoms with E-state index in [0.717, 1.165) is 38.1 Å². The van der Waals surface area contributed by atoms with Gasteiger partial charge in [0.05, 0.1) is 17.3 Å². The molecule has 14 heteroatoms. The van der Waals surface area contributed by atoms with Crippen LogP contribution in [-0.4, -0.2) is 48.8 Å². The van der Waals surface area contributed by atoms with Crippen molar-refractivity contribution in [3.05, 3.63) is 59.9 Å². The van der Waals surface area contributed by atoms with Crippen LogP contribution >= 0.6 is 0 Å². The zero-order valence-corrected chi connectivity index (χ0v) is 21.4. The lowest BCUT2D eigenvalue weighted by atomic mass is 9.74. The van der Waals surface area contributed by atoms with Crippen LogP contribution in [0.4, 0.5) is 23.5 Å². The van der Waals surface area contributed by atoms with Crippen molar-refractivity contribution in [2.45, 2.75) is 43.7 Å². The molecule has 1 aromatic carbocycles. The van der Waals surface area contributed by atoms with Crippen LogP contribution in [-0.2, 0) is 11.3 Å². The minimum Gasteiger partial charge on any atom is -0.435 e. The van der Waals surface area contributed by atoms with Crippen LogP contribution in [0.3, 0.4) is 0 Å². The van der Waals surface area contributed by atoms with Crippen molar-refractivity contribution in [3.63, 3.8) is 0 Å². The minimum atomic E-state index is -3.18. The first-order valence-corrected chi connectivity index (χ1v) is 13.5. The van der Waals surface area contributed by atoms with Crippen molar-refractivity contribution >= 4 is 17.2 Å². The van der Waals surface area contributed by atoms with Gasteiger partial charge in [-0.05, 0) is 50.1 Å². The lowest BCUT2D eigenvalue weighted by Crippen LogP contribution is -2.47. The number of piperidine rings is 1. The molecule has 0 spiro atoms. The maximum absolute atomic E-state index is 15.2. The molecule has 1 saturated carbocycles. The molecule has 4 atom stereocenters. The van der Waals surface area contributed by atoms with Gasteiger partial charge in [-0.2, -0.15) is 4.39 Å². The van der Waals surface area contributed by atoms with E-state index in [-0.39, 0.29) is 18.3 Å². The average Bonchev–Trinajstić information content (AvgIpc) is 2.91. The van der Waals surface area contributed by atoms with Gasteiger partial charge in [-0.3, -0.25) is 4.55 Å². The van der Waals surface area contributed by atoms with E-state index in [1.807, 2.05) is 4.72 Å². The second-order valence-corrected chi connectivity index (χ2v) is 10.2. The summed E-state index contributed by atoms with van der Waals surface area (Å²) in [5.41, 5.74) is 0.313. The summed E-state index contributed by atoms with van der Waals surface area (Å²) in [7, 11) is 0. The molecule has 0 amide bonds. The fourth-order valence-electron chi connectivity index (χ4n) is 4.78. The molecule has 3 heterocycles. The molecule has 39 heavy (non-hydrogen) atoms. The molecular weight excluding hydrogens is 540 g/mol. The molecule has 3 aromatic rings. The second kappa shape index (κ2) is 11.5. The van der Waals surface area contributed by atoms with Crippen LogP contribution < -0.4 is 20.1 Å². The molecule has 2 fully saturated rings. The smallest absolute Gasteiger partial charge is 0.252 e. The van der Waals surface area contributed by atoms with Crippen LogP contribution in [0, 0.1) is 17.6 Å². The molecule has 0 radical (unpaired) electrons. The fraction of sp³-hybridized carbons (Fsp3) is 0.400. The number of benzene rings is 1. The number of anilines is 1. The normalized spacial score (nSPS) is 22.0. The largest absolute Gasteiger partial charge is 0.435 e. The molecule has 0 bridgehead atoms. The number of nitrogens with zero attached hydrogens (tertiary/aromatic N) is 3. The van der Waals surface area contributed by atoms with Crippen LogP contribution in [0.25, 0.3) is 11.3 Å². The number of aromatic nitrogens is 3. The summed E-state index contributed by atoms with van der Waals surface area (Å²) in [5, 5.41) is 6.58. The molecule has 5 rings (SSSR count). The lowest BCUT2D eigenvalue weighted by molar-refractivity contribution is -0.143. The number of hydrogen-bond acceptors (Lipinski definition) is 7. The van der Waals surface area contributed by atoms with Gasteiger partial charge < -0.3 is 15.4 Å². The summed E-state index contributed by atoms with van der Waals surface area (Å²) in [4.78, 5) is 12.9. The SMILES string of the molecule is O=S(O)NC(c1ccc(Oc2ncccc2-c2ccnc(N[C@H]3CCCNC3)n2)c(F)c1F)C1CCC1(F)F. The van der Waals surface area contributed by atoms with Crippen LogP contribution in [0.2, 0.25) is 0 Å².